The van der Waals surface area contributed by atoms with E-state index < -0.39 is 5.91 Å². The molecule has 0 radical (unpaired) electrons. The van der Waals surface area contributed by atoms with Crippen molar-refractivity contribution in [3.05, 3.63) is 69.9 Å². The van der Waals surface area contributed by atoms with E-state index in [0.717, 1.165) is 56.2 Å². The number of para-hydroxylation sites is 1. The highest BCUT2D eigenvalue weighted by Crippen LogP contribution is 2.34. The Morgan fingerprint density at radius 1 is 1.00 bits per heavy atom. The van der Waals surface area contributed by atoms with Crippen LogP contribution in [0.25, 0.3) is 0 Å². The van der Waals surface area contributed by atoms with Crippen LogP contribution in [0.5, 0.6) is 0 Å². The van der Waals surface area contributed by atoms with Crippen LogP contribution in [0.4, 0.5) is 11.4 Å². The molecule has 176 valence electrons. The SMILES string of the molecule is Cc1ccc(C(=O)N2CCCc3ccccc32)cc1NC1=C(Cl)C(=O)N(C2CCCCC2)C1=O. The molecule has 3 amide bonds. The second kappa shape index (κ2) is 9.26. The molecule has 1 N–H and O–H groups in total. The average molecular weight is 478 g/mol. The Morgan fingerprint density at radius 3 is 2.56 bits per heavy atom. The zero-order chi connectivity index (χ0) is 23.8. The molecule has 0 atom stereocenters. The number of anilines is 2. The van der Waals surface area contributed by atoms with Gasteiger partial charge in [-0.25, -0.2) is 0 Å². The Balaban J connectivity index is 1.40. The van der Waals surface area contributed by atoms with Gasteiger partial charge in [0, 0.05) is 29.5 Å². The van der Waals surface area contributed by atoms with E-state index in [2.05, 4.69) is 11.4 Å². The lowest BCUT2D eigenvalue weighted by molar-refractivity contribution is -0.140. The topological polar surface area (TPSA) is 69.7 Å². The molecule has 2 aromatic rings. The van der Waals surface area contributed by atoms with Crippen molar-refractivity contribution in [2.45, 2.75) is 57.9 Å². The number of halogens is 1. The van der Waals surface area contributed by atoms with Crippen molar-refractivity contribution in [1.82, 2.24) is 4.90 Å². The normalized spacial score (nSPS) is 19.0. The number of carbonyl (C=O) groups is 3. The third kappa shape index (κ3) is 4.00. The first-order valence-corrected chi connectivity index (χ1v) is 12.4. The molecule has 2 aliphatic heterocycles. The second-order valence-electron chi connectivity index (χ2n) is 9.30. The monoisotopic (exact) mass is 477 g/mol. The van der Waals surface area contributed by atoms with Crippen LogP contribution >= 0.6 is 11.6 Å². The van der Waals surface area contributed by atoms with Crippen molar-refractivity contribution in [3.8, 4) is 0 Å². The van der Waals surface area contributed by atoms with Crippen LogP contribution in [0.3, 0.4) is 0 Å². The van der Waals surface area contributed by atoms with Crippen LogP contribution in [0.1, 0.15) is 60.0 Å². The zero-order valence-electron chi connectivity index (χ0n) is 19.3. The minimum atomic E-state index is -0.434. The molecule has 0 bridgehead atoms. The van der Waals surface area contributed by atoms with Gasteiger partial charge in [0.1, 0.15) is 10.7 Å². The summed E-state index contributed by atoms with van der Waals surface area (Å²) >= 11 is 6.35. The predicted octanol–water partition coefficient (Wildman–Crippen LogP) is 5.15. The molecular weight excluding hydrogens is 450 g/mol. The summed E-state index contributed by atoms with van der Waals surface area (Å²) in [5, 5.41) is 3.00. The van der Waals surface area contributed by atoms with Gasteiger partial charge in [-0.2, -0.15) is 0 Å². The van der Waals surface area contributed by atoms with Gasteiger partial charge in [-0.1, -0.05) is 55.1 Å². The fraction of sp³-hybridized carbons (Fsp3) is 0.370. The molecule has 0 spiro atoms. The highest BCUT2D eigenvalue weighted by Gasteiger charge is 2.42. The molecule has 1 saturated carbocycles. The maximum absolute atomic E-state index is 13.4. The van der Waals surface area contributed by atoms with Crippen LogP contribution in [0.15, 0.2) is 53.2 Å². The van der Waals surface area contributed by atoms with E-state index >= 15 is 0 Å². The Kier molecular flexibility index (Phi) is 6.17. The molecule has 6 nitrogen and oxygen atoms in total. The number of hydrogen-bond donors (Lipinski definition) is 1. The van der Waals surface area contributed by atoms with Crippen molar-refractivity contribution < 1.29 is 14.4 Å². The Morgan fingerprint density at radius 2 is 1.76 bits per heavy atom. The quantitative estimate of drug-likeness (QED) is 0.618. The van der Waals surface area contributed by atoms with E-state index in [4.69, 9.17) is 11.6 Å². The molecule has 2 heterocycles. The summed E-state index contributed by atoms with van der Waals surface area (Å²) in [4.78, 5) is 42.5. The maximum atomic E-state index is 13.4. The number of carbonyl (C=O) groups excluding carboxylic acids is 3. The number of imide groups is 1. The number of rotatable bonds is 4. The molecule has 34 heavy (non-hydrogen) atoms. The molecule has 0 unspecified atom stereocenters. The number of nitrogens with zero attached hydrogens (tertiary/aromatic N) is 2. The fourth-order valence-electron chi connectivity index (χ4n) is 5.22. The molecule has 2 aromatic carbocycles. The number of nitrogens with one attached hydrogen (secondary N) is 1. The highest BCUT2D eigenvalue weighted by atomic mass is 35.5. The van der Waals surface area contributed by atoms with Gasteiger partial charge in [-0.3, -0.25) is 19.3 Å². The minimum absolute atomic E-state index is 0.0864. The Hall–Kier alpha value is -3.12. The minimum Gasteiger partial charge on any atom is -0.349 e. The summed E-state index contributed by atoms with van der Waals surface area (Å²) in [7, 11) is 0. The van der Waals surface area contributed by atoms with Crippen molar-refractivity contribution in [2.75, 3.05) is 16.8 Å². The van der Waals surface area contributed by atoms with E-state index in [1.165, 1.54) is 10.5 Å². The van der Waals surface area contributed by atoms with Gasteiger partial charge < -0.3 is 10.2 Å². The summed E-state index contributed by atoms with van der Waals surface area (Å²) in [5.74, 6) is -0.910. The molecule has 1 fully saturated rings. The fourth-order valence-corrected chi connectivity index (χ4v) is 5.44. The summed E-state index contributed by atoms with van der Waals surface area (Å²) in [6.45, 7) is 2.55. The first-order chi connectivity index (χ1) is 16.5. The van der Waals surface area contributed by atoms with E-state index in [-0.39, 0.29) is 28.6 Å². The first-order valence-electron chi connectivity index (χ1n) is 12.0. The van der Waals surface area contributed by atoms with E-state index in [9.17, 15) is 14.4 Å². The van der Waals surface area contributed by atoms with Gasteiger partial charge in [-0.05, 0) is 61.9 Å². The third-order valence-corrected chi connectivity index (χ3v) is 7.45. The summed E-state index contributed by atoms with van der Waals surface area (Å²) in [6.07, 6.45) is 6.64. The van der Waals surface area contributed by atoms with Gasteiger partial charge in [0.2, 0.25) is 0 Å². The first kappa shape index (κ1) is 22.7. The number of amides is 3. The van der Waals surface area contributed by atoms with Crippen LogP contribution < -0.4 is 10.2 Å². The van der Waals surface area contributed by atoms with E-state index in [1.807, 2.05) is 36.1 Å². The summed E-state index contributed by atoms with van der Waals surface area (Å²) in [5.41, 5.74) is 4.16. The maximum Gasteiger partial charge on any atom is 0.279 e. The van der Waals surface area contributed by atoms with Crippen LogP contribution in [0, 0.1) is 6.92 Å². The molecule has 0 saturated heterocycles. The second-order valence-corrected chi connectivity index (χ2v) is 9.68. The number of aryl methyl sites for hydroxylation is 2. The standard InChI is InChI=1S/C27H28ClN3O3/c1-17-13-14-19(25(32)30-15-7-9-18-8-5-6-12-22(18)30)16-21(17)29-24-23(28)26(33)31(27(24)34)20-10-3-2-4-11-20/h5-6,8,12-14,16,20,29H,2-4,7,9-11,15H2,1H3. The lowest BCUT2D eigenvalue weighted by atomic mass is 9.94. The Bertz CT molecular complexity index is 1200. The number of hydrogen-bond acceptors (Lipinski definition) is 4. The smallest absolute Gasteiger partial charge is 0.279 e. The molecule has 5 rings (SSSR count). The van der Waals surface area contributed by atoms with Gasteiger partial charge in [-0.15, -0.1) is 0 Å². The van der Waals surface area contributed by atoms with Crippen molar-refractivity contribution >= 4 is 40.7 Å². The van der Waals surface area contributed by atoms with Crippen LogP contribution in [0.2, 0.25) is 0 Å². The molecule has 1 aliphatic carbocycles. The largest absolute Gasteiger partial charge is 0.349 e. The lowest BCUT2D eigenvalue weighted by Crippen LogP contribution is -2.42. The summed E-state index contributed by atoms with van der Waals surface area (Å²) < 4.78 is 0. The summed E-state index contributed by atoms with van der Waals surface area (Å²) in [6, 6.07) is 13.3. The van der Waals surface area contributed by atoms with E-state index in [1.54, 1.807) is 12.1 Å². The molecule has 0 aromatic heterocycles. The van der Waals surface area contributed by atoms with Gasteiger partial charge in [0.25, 0.3) is 17.7 Å². The third-order valence-electron chi connectivity index (χ3n) is 7.10. The van der Waals surface area contributed by atoms with Gasteiger partial charge in [0.05, 0.1) is 0 Å². The van der Waals surface area contributed by atoms with Crippen LogP contribution in [-0.4, -0.2) is 35.2 Å². The van der Waals surface area contributed by atoms with Crippen molar-refractivity contribution in [1.29, 1.82) is 0 Å². The van der Waals surface area contributed by atoms with Gasteiger partial charge >= 0.3 is 0 Å². The molecule has 3 aliphatic rings. The number of benzene rings is 2. The average Bonchev–Trinajstić information content (AvgIpc) is 3.08. The molecule has 7 heteroatoms. The van der Waals surface area contributed by atoms with E-state index in [0.29, 0.717) is 17.8 Å². The van der Waals surface area contributed by atoms with Crippen molar-refractivity contribution in [3.63, 3.8) is 0 Å². The van der Waals surface area contributed by atoms with Crippen LogP contribution in [-0.2, 0) is 16.0 Å². The Labute approximate surface area is 204 Å². The lowest BCUT2D eigenvalue weighted by Gasteiger charge is -2.30. The zero-order valence-corrected chi connectivity index (χ0v) is 20.0. The molecular formula is C27H28ClN3O3. The van der Waals surface area contributed by atoms with Crippen molar-refractivity contribution in [2.24, 2.45) is 0 Å². The predicted molar refractivity (Wildman–Crippen MR) is 133 cm³/mol. The van der Waals surface area contributed by atoms with Gasteiger partial charge in [0.15, 0.2) is 0 Å². The number of fused-ring (bicyclic) bond motifs is 1. The highest BCUT2D eigenvalue weighted by molar-refractivity contribution is 6.48.